The Bertz CT molecular complexity index is 576. The number of benzene rings is 1. The first kappa shape index (κ1) is 11.7. The Hall–Kier alpha value is -1.77. The van der Waals surface area contributed by atoms with E-state index >= 15 is 0 Å². The van der Waals surface area contributed by atoms with Crippen LogP contribution < -0.4 is 5.32 Å². The van der Waals surface area contributed by atoms with Crippen LogP contribution in [0.3, 0.4) is 0 Å². The molecule has 1 heterocycles. The van der Waals surface area contributed by atoms with Crippen LogP contribution in [0.25, 0.3) is 0 Å². The van der Waals surface area contributed by atoms with E-state index in [0.717, 1.165) is 4.88 Å². The molecular weight excluding hydrogens is 258 g/mol. The molecule has 0 bridgehead atoms. The largest absolute Gasteiger partial charge is 0.508 e. The van der Waals surface area contributed by atoms with Gasteiger partial charge in [0, 0.05) is 22.8 Å². The van der Waals surface area contributed by atoms with Crippen LogP contribution in [0.1, 0.15) is 10.4 Å². The number of nitriles is 1. The Balaban J connectivity index is 2.09. The highest BCUT2D eigenvalue weighted by Crippen LogP contribution is 2.22. The second-order valence-electron chi connectivity index (χ2n) is 3.31. The number of aromatic nitrogens is 1. The molecule has 0 saturated carbocycles. The highest BCUT2D eigenvalue weighted by Gasteiger charge is 2.02. The molecule has 2 N–H and O–H groups in total. The third-order valence-corrected chi connectivity index (χ3v) is 3.15. The molecule has 0 unspecified atom stereocenters. The van der Waals surface area contributed by atoms with Crippen molar-refractivity contribution in [2.45, 2.75) is 6.54 Å². The van der Waals surface area contributed by atoms with Crippen LogP contribution in [0.5, 0.6) is 5.75 Å². The first-order valence-electron chi connectivity index (χ1n) is 4.75. The van der Waals surface area contributed by atoms with Gasteiger partial charge in [0.05, 0.1) is 18.2 Å². The molecule has 0 amide bonds. The molecule has 0 spiro atoms. The quantitative estimate of drug-likeness (QED) is 0.895. The van der Waals surface area contributed by atoms with Gasteiger partial charge in [-0.1, -0.05) is 11.6 Å². The van der Waals surface area contributed by atoms with E-state index in [1.165, 1.54) is 17.4 Å². The Labute approximate surface area is 107 Å². The monoisotopic (exact) mass is 265 g/mol. The molecule has 0 radical (unpaired) electrons. The number of hydrogen-bond acceptors (Lipinski definition) is 5. The summed E-state index contributed by atoms with van der Waals surface area (Å²) in [6, 6.07) is 6.62. The van der Waals surface area contributed by atoms with Gasteiger partial charge in [0.1, 0.15) is 5.75 Å². The Morgan fingerprint density at radius 2 is 2.29 bits per heavy atom. The van der Waals surface area contributed by atoms with E-state index in [1.807, 2.05) is 6.07 Å². The summed E-state index contributed by atoms with van der Waals surface area (Å²) in [5.41, 5.74) is 1.10. The standard InChI is InChI=1S/C11H8ClN3OS/c12-11-15-6-10(17-11)5-14-8-1-7(4-13)2-9(16)3-8/h1-3,6,14,16H,5H2. The number of halogens is 1. The number of nitrogens with one attached hydrogen (secondary N) is 1. The van der Waals surface area contributed by atoms with Crippen molar-refractivity contribution in [1.29, 1.82) is 5.26 Å². The van der Waals surface area contributed by atoms with Gasteiger partial charge in [-0.2, -0.15) is 5.26 Å². The maximum atomic E-state index is 9.40. The average Bonchev–Trinajstić information content (AvgIpc) is 2.72. The lowest BCUT2D eigenvalue weighted by Gasteiger charge is -2.05. The molecular formula is C11H8ClN3OS. The van der Waals surface area contributed by atoms with Crippen LogP contribution in [0.4, 0.5) is 5.69 Å². The summed E-state index contributed by atoms with van der Waals surface area (Å²) in [7, 11) is 0. The summed E-state index contributed by atoms with van der Waals surface area (Å²) in [6.07, 6.45) is 1.69. The van der Waals surface area contributed by atoms with E-state index in [1.54, 1.807) is 18.3 Å². The normalized spacial score (nSPS) is 9.88. The third kappa shape index (κ3) is 3.09. The Kier molecular flexibility index (Phi) is 3.47. The first-order valence-corrected chi connectivity index (χ1v) is 5.95. The lowest BCUT2D eigenvalue weighted by molar-refractivity contribution is 0.475. The van der Waals surface area contributed by atoms with Crippen LogP contribution in [-0.2, 0) is 6.54 Å². The zero-order chi connectivity index (χ0) is 12.3. The van der Waals surface area contributed by atoms with Crippen molar-refractivity contribution in [3.63, 3.8) is 0 Å². The maximum Gasteiger partial charge on any atom is 0.183 e. The van der Waals surface area contributed by atoms with E-state index in [9.17, 15) is 5.11 Å². The Morgan fingerprint density at radius 1 is 1.47 bits per heavy atom. The molecule has 17 heavy (non-hydrogen) atoms. The molecule has 0 saturated heterocycles. The third-order valence-electron chi connectivity index (χ3n) is 2.04. The van der Waals surface area contributed by atoms with E-state index in [-0.39, 0.29) is 5.75 Å². The van der Waals surface area contributed by atoms with Crippen molar-refractivity contribution in [2.24, 2.45) is 0 Å². The van der Waals surface area contributed by atoms with Crippen molar-refractivity contribution in [3.05, 3.63) is 39.3 Å². The molecule has 0 aliphatic rings. The molecule has 1 aromatic carbocycles. The molecule has 2 aromatic rings. The van der Waals surface area contributed by atoms with E-state index < -0.39 is 0 Å². The van der Waals surface area contributed by atoms with Gasteiger partial charge in [-0.15, -0.1) is 11.3 Å². The number of phenolic OH excluding ortho intramolecular Hbond substituents is 1. The second kappa shape index (κ2) is 5.04. The van der Waals surface area contributed by atoms with Crippen LogP contribution in [0.2, 0.25) is 4.47 Å². The van der Waals surface area contributed by atoms with Crippen LogP contribution in [0, 0.1) is 11.3 Å². The molecule has 0 atom stereocenters. The van der Waals surface area contributed by atoms with Crippen molar-refractivity contribution in [2.75, 3.05) is 5.32 Å². The summed E-state index contributed by atoms with van der Waals surface area (Å²) in [5.74, 6) is 0.0638. The van der Waals surface area contributed by atoms with Gasteiger partial charge in [-0.3, -0.25) is 0 Å². The van der Waals surface area contributed by atoms with Crippen LogP contribution >= 0.6 is 22.9 Å². The lowest BCUT2D eigenvalue weighted by Crippen LogP contribution is -1.97. The van der Waals surface area contributed by atoms with Crippen molar-refractivity contribution >= 4 is 28.6 Å². The number of aromatic hydroxyl groups is 1. The molecule has 2 rings (SSSR count). The minimum absolute atomic E-state index is 0.0638. The number of phenols is 1. The van der Waals surface area contributed by atoms with E-state index in [2.05, 4.69) is 10.3 Å². The van der Waals surface area contributed by atoms with Gasteiger partial charge in [0.15, 0.2) is 4.47 Å². The number of hydrogen-bond donors (Lipinski definition) is 2. The van der Waals surface area contributed by atoms with Gasteiger partial charge in [0.25, 0.3) is 0 Å². The second-order valence-corrected chi connectivity index (χ2v) is 5.01. The van der Waals surface area contributed by atoms with Crippen LogP contribution in [-0.4, -0.2) is 10.1 Å². The maximum absolute atomic E-state index is 9.40. The molecule has 86 valence electrons. The summed E-state index contributed by atoms with van der Waals surface area (Å²) >= 11 is 7.10. The minimum atomic E-state index is 0.0638. The molecule has 0 fully saturated rings. The van der Waals surface area contributed by atoms with Gasteiger partial charge in [-0.05, 0) is 12.1 Å². The number of nitrogens with zero attached hydrogens (tertiary/aromatic N) is 2. The van der Waals surface area contributed by atoms with Crippen molar-refractivity contribution < 1.29 is 5.11 Å². The predicted octanol–water partition coefficient (Wildman–Crippen LogP) is 2.99. The molecule has 1 aromatic heterocycles. The predicted molar refractivity (Wildman–Crippen MR) is 67.3 cm³/mol. The smallest absolute Gasteiger partial charge is 0.183 e. The Morgan fingerprint density at radius 3 is 2.94 bits per heavy atom. The summed E-state index contributed by atoms with van der Waals surface area (Å²) in [5, 5.41) is 21.3. The van der Waals surface area contributed by atoms with Gasteiger partial charge in [-0.25, -0.2) is 4.98 Å². The number of thiazole rings is 1. The number of rotatable bonds is 3. The summed E-state index contributed by atoms with van der Waals surface area (Å²) < 4.78 is 0.496. The highest BCUT2D eigenvalue weighted by molar-refractivity contribution is 7.15. The number of anilines is 1. The summed E-state index contributed by atoms with van der Waals surface area (Å²) in [4.78, 5) is 4.91. The SMILES string of the molecule is N#Cc1cc(O)cc(NCc2cnc(Cl)s2)c1. The molecule has 4 nitrogen and oxygen atoms in total. The zero-order valence-electron chi connectivity index (χ0n) is 8.64. The fraction of sp³-hybridized carbons (Fsp3) is 0.0909. The zero-order valence-corrected chi connectivity index (χ0v) is 10.2. The molecule has 6 heteroatoms. The van der Waals surface area contributed by atoms with Gasteiger partial charge in [0.2, 0.25) is 0 Å². The fourth-order valence-electron chi connectivity index (χ4n) is 1.33. The van der Waals surface area contributed by atoms with E-state index in [0.29, 0.717) is 22.3 Å². The first-order chi connectivity index (χ1) is 8.17. The average molecular weight is 266 g/mol. The highest BCUT2D eigenvalue weighted by atomic mass is 35.5. The van der Waals surface area contributed by atoms with Gasteiger partial charge >= 0.3 is 0 Å². The molecule has 0 aliphatic heterocycles. The molecule has 0 aliphatic carbocycles. The van der Waals surface area contributed by atoms with Gasteiger partial charge < -0.3 is 10.4 Å². The fourth-order valence-corrected chi connectivity index (χ4v) is 2.25. The minimum Gasteiger partial charge on any atom is -0.508 e. The van der Waals surface area contributed by atoms with Crippen molar-refractivity contribution in [3.8, 4) is 11.8 Å². The summed E-state index contributed by atoms with van der Waals surface area (Å²) in [6.45, 7) is 0.554. The van der Waals surface area contributed by atoms with Crippen molar-refractivity contribution in [1.82, 2.24) is 4.98 Å². The lowest BCUT2D eigenvalue weighted by atomic mass is 10.2. The topological polar surface area (TPSA) is 68.9 Å². The van der Waals surface area contributed by atoms with Crippen LogP contribution in [0.15, 0.2) is 24.4 Å². The van der Waals surface area contributed by atoms with E-state index in [4.69, 9.17) is 16.9 Å².